The number of halogens is 1. The fraction of sp³-hybridized carbons (Fsp3) is 0.375. The molecule has 0 unspecified atom stereocenters. The molecule has 0 radical (unpaired) electrons. The van der Waals surface area contributed by atoms with Gasteiger partial charge in [0.15, 0.2) is 17.3 Å². The Morgan fingerprint density at radius 3 is 2.82 bits per heavy atom. The fourth-order valence-corrected chi connectivity index (χ4v) is 3.81. The summed E-state index contributed by atoms with van der Waals surface area (Å²) >= 11 is 0. The van der Waals surface area contributed by atoms with E-state index in [4.69, 9.17) is 18.7 Å². The molecule has 1 saturated carbocycles. The molecule has 2 aromatic heterocycles. The van der Waals surface area contributed by atoms with Gasteiger partial charge in [0.25, 0.3) is 0 Å². The third kappa shape index (κ3) is 5.24. The number of hydrogen-bond donors (Lipinski definition) is 1. The topological polar surface area (TPSA) is 104 Å². The second-order valence-electron chi connectivity index (χ2n) is 7.83. The van der Waals surface area contributed by atoms with Gasteiger partial charge in [-0.3, -0.25) is 4.79 Å². The lowest BCUT2D eigenvalue weighted by atomic mass is 9.91. The molecule has 2 heterocycles. The molecule has 8 nitrogen and oxygen atoms in total. The quantitative estimate of drug-likeness (QED) is 0.438. The first-order valence-corrected chi connectivity index (χ1v) is 10.8. The number of aromatic nitrogens is 2. The van der Waals surface area contributed by atoms with Crippen LogP contribution in [0.15, 0.2) is 41.1 Å². The summed E-state index contributed by atoms with van der Waals surface area (Å²) in [7, 11) is 1.44. The standard InChI is InChI=1S/C24H25FN2O6/c1-3-31-24-20(27-33-23(24)18-10-21(30-2)26-12-19(18)25)13-32-16-6-4-5-15(9-16)17(11-22(28)29)14-7-8-14/h4-6,9-10,12,14,17H,3,7-8,11,13H2,1-2H3,(H,28,29)/t17-/m0/s1. The van der Waals surface area contributed by atoms with Crippen molar-refractivity contribution in [3.05, 3.63) is 53.6 Å². The lowest BCUT2D eigenvalue weighted by Gasteiger charge is -2.16. The number of ether oxygens (including phenoxy) is 3. The van der Waals surface area contributed by atoms with Gasteiger partial charge in [0.05, 0.1) is 31.9 Å². The molecule has 0 saturated heterocycles. The first-order valence-electron chi connectivity index (χ1n) is 10.8. The summed E-state index contributed by atoms with van der Waals surface area (Å²) in [5.41, 5.74) is 1.43. The second-order valence-corrected chi connectivity index (χ2v) is 7.83. The zero-order valence-electron chi connectivity index (χ0n) is 18.4. The lowest BCUT2D eigenvalue weighted by Crippen LogP contribution is -2.08. The fourth-order valence-electron chi connectivity index (χ4n) is 3.81. The number of carbonyl (C=O) groups is 1. The summed E-state index contributed by atoms with van der Waals surface area (Å²) in [6, 6.07) is 8.84. The van der Waals surface area contributed by atoms with Gasteiger partial charge in [0.2, 0.25) is 11.6 Å². The van der Waals surface area contributed by atoms with Crippen LogP contribution < -0.4 is 14.2 Å². The molecule has 1 aliphatic carbocycles. The predicted molar refractivity (Wildman–Crippen MR) is 116 cm³/mol. The SMILES string of the molecule is CCOc1c(COc2cccc([C@@H](CC(=O)O)C3CC3)c2)noc1-c1cc(OC)ncc1F. The van der Waals surface area contributed by atoms with Crippen molar-refractivity contribution in [1.29, 1.82) is 0 Å². The number of nitrogens with zero attached hydrogens (tertiary/aromatic N) is 2. The monoisotopic (exact) mass is 456 g/mol. The molecule has 1 aromatic carbocycles. The Morgan fingerprint density at radius 1 is 1.30 bits per heavy atom. The minimum absolute atomic E-state index is 0.0269. The average molecular weight is 456 g/mol. The maximum Gasteiger partial charge on any atom is 0.303 e. The molecule has 9 heteroatoms. The zero-order valence-corrected chi connectivity index (χ0v) is 18.4. The normalized spacial score (nSPS) is 14.0. The van der Waals surface area contributed by atoms with E-state index < -0.39 is 11.8 Å². The van der Waals surface area contributed by atoms with Crippen LogP contribution in [-0.4, -0.2) is 34.9 Å². The highest BCUT2D eigenvalue weighted by Crippen LogP contribution is 2.45. The minimum atomic E-state index is -0.810. The average Bonchev–Trinajstić information content (AvgIpc) is 3.58. The molecule has 3 aromatic rings. The van der Waals surface area contributed by atoms with Crippen molar-refractivity contribution < 1.29 is 33.0 Å². The molecule has 4 rings (SSSR count). The summed E-state index contributed by atoms with van der Waals surface area (Å²) in [6.45, 7) is 2.15. The Hall–Kier alpha value is -3.62. The molecular weight excluding hydrogens is 431 g/mol. The van der Waals surface area contributed by atoms with E-state index in [2.05, 4.69) is 10.1 Å². The Bertz CT molecular complexity index is 1130. The van der Waals surface area contributed by atoms with Gasteiger partial charge in [-0.2, -0.15) is 0 Å². The van der Waals surface area contributed by atoms with Gasteiger partial charge < -0.3 is 23.8 Å². The number of rotatable bonds is 11. The summed E-state index contributed by atoms with van der Waals surface area (Å²) in [5, 5.41) is 13.3. The molecule has 33 heavy (non-hydrogen) atoms. The van der Waals surface area contributed by atoms with Gasteiger partial charge in [0, 0.05) is 6.07 Å². The third-order valence-corrected chi connectivity index (χ3v) is 5.54. The first kappa shape index (κ1) is 22.6. The van der Waals surface area contributed by atoms with Crippen LogP contribution in [0.3, 0.4) is 0 Å². The maximum absolute atomic E-state index is 14.4. The molecule has 1 aliphatic rings. The third-order valence-electron chi connectivity index (χ3n) is 5.54. The second kappa shape index (κ2) is 9.89. The minimum Gasteiger partial charge on any atom is -0.488 e. The highest BCUT2D eigenvalue weighted by atomic mass is 19.1. The smallest absolute Gasteiger partial charge is 0.303 e. The van der Waals surface area contributed by atoms with Crippen molar-refractivity contribution in [2.75, 3.05) is 13.7 Å². The Morgan fingerprint density at radius 2 is 2.12 bits per heavy atom. The Labute approximate surface area is 190 Å². The number of benzene rings is 1. The first-order chi connectivity index (χ1) is 16.0. The number of carboxylic acids is 1. The van der Waals surface area contributed by atoms with E-state index in [9.17, 15) is 14.3 Å². The van der Waals surface area contributed by atoms with E-state index in [0.29, 0.717) is 24.0 Å². The highest BCUT2D eigenvalue weighted by Gasteiger charge is 2.34. The van der Waals surface area contributed by atoms with Gasteiger partial charge >= 0.3 is 5.97 Å². The van der Waals surface area contributed by atoms with Crippen LogP contribution in [0, 0.1) is 11.7 Å². The van der Waals surface area contributed by atoms with Gasteiger partial charge in [-0.25, -0.2) is 9.37 Å². The zero-order chi connectivity index (χ0) is 23.4. The van der Waals surface area contributed by atoms with Gasteiger partial charge in [0.1, 0.15) is 12.4 Å². The van der Waals surface area contributed by atoms with Crippen LogP contribution in [0.25, 0.3) is 11.3 Å². The molecule has 1 fully saturated rings. The van der Waals surface area contributed by atoms with Crippen LogP contribution in [0.4, 0.5) is 4.39 Å². The largest absolute Gasteiger partial charge is 0.488 e. The van der Waals surface area contributed by atoms with E-state index in [1.807, 2.05) is 18.2 Å². The molecule has 1 atom stereocenters. The molecule has 0 amide bonds. The van der Waals surface area contributed by atoms with E-state index >= 15 is 0 Å². The van der Waals surface area contributed by atoms with Gasteiger partial charge in [-0.1, -0.05) is 17.3 Å². The van der Waals surface area contributed by atoms with Crippen molar-refractivity contribution in [3.8, 4) is 28.7 Å². The molecular formula is C24H25FN2O6. The summed E-state index contributed by atoms with van der Waals surface area (Å²) in [4.78, 5) is 15.1. The van der Waals surface area contributed by atoms with Crippen LogP contribution in [0.2, 0.25) is 0 Å². The number of hydrogen-bond acceptors (Lipinski definition) is 7. The van der Waals surface area contributed by atoms with E-state index in [1.54, 1.807) is 13.0 Å². The molecule has 0 aliphatic heterocycles. The molecule has 0 bridgehead atoms. The van der Waals surface area contributed by atoms with Gasteiger partial charge in [-0.05, 0) is 49.3 Å². The van der Waals surface area contributed by atoms with Crippen LogP contribution in [0.5, 0.6) is 17.4 Å². The molecule has 0 spiro atoms. The highest BCUT2D eigenvalue weighted by molar-refractivity contribution is 5.68. The number of carboxylic acid groups (broad SMARTS) is 1. The van der Waals surface area contributed by atoms with Crippen molar-refractivity contribution in [2.45, 2.75) is 38.7 Å². The molecule has 174 valence electrons. The molecule has 1 N–H and O–H groups in total. The summed E-state index contributed by atoms with van der Waals surface area (Å²) in [6.07, 6.45) is 3.22. The Balaban J connectivity index is 1.55. The van der Waals surface area contributed by atoms with E-state index in [0.717, 1.165) is 24.6 Å². The van der Waals surface area contributed by atoms with Crippen molar-refractivity contribution in [1.82, 2.24) is 10.1 Å². The number of pyridine rings is 1. The van der Waals surface area contributed by atoms with Crippen LogP contribution >= 0.6 is 0 Å². The van der Waals surface area contributed by atoms with Crippen molar-refractivity contribution >= 4 is 5.97 Å². The van der Waals surface area contributed by atoms with Crippen LogP contribution in [-0.2, 0) is 11.4 Å². The van der Waals surface area contributed by atoms with Crippen molar-refractivity contribution in [3.63, 3.8) is 0 Å². The van der Waals surface area contributed by atoms with Crippen molar-refractivity contribution in [2.24, 2.45) is 5.92 Å². The van der Waals surface area contributed by atoms with E-state index in [-0.39, 0.29) is 41.9 Å². The van der Waals surface area contributed by atoms with E-state index in [1.165, 1.54) is 13.2 Å². The maximum atomic E-state index is 14.4. The lowest BCUT2D eigenvalue weighted by molar-refractivity contribution is -0.137. The predicted octanol–water partition coefficient (Wildman–Crippen LogP) is 4.83. The van der Waals surface area contributed by atoms with Crippen LogP contribution in [0.1, 0.15) is 43.4 Å². The number of methoxy groups -OCH3 is 1. The van der Waals surface area contributed by atoms with Gasteiger partial charge in [-0.15, -0.1) is 0 Å². The summed E-state index contributed by atoms with van der Waals surface area (Å²) in [5.74, 6) is 0.158. The summed E-state index contributed by atoms with van der Waals surface area (Å²) < 4.78 is 36.5. The Kier molecular flexibility index (Phi) is 6.76. The number of aliphatic carboxylic acids is 1.